The fraction of sp³-hybridized carbons (Fsp3) is 0.133. The highest BCUT2D eigenvalue weighted by Gasteiger charge is 2.21. The highest BCUT2D eigenvalue weighted by molar-refractivity contribution is 5.72. The van der Waals surface area contributed by atoms with Gasteiger partial charge in [-0.25, -0.2) is 0 Å². The van der Waals surface area contributed by atoms with Crippen molar-refractivity contribution < 1.29 is 0 Å². The van der Waals surface area contributed by atoms with Crippen LogP contribution in [-0.2, 0) is 5.41 Å². The van der Waals surface area contributed by atoms with E-state index in [-0.39, 0.29) is 5.41 Å². The molecular weight excluding hydrogens is 402 g/mol. The Bertz CT molecular complexity index is 1370. The molecule has 5 aromatic rings. The smallest absolute Gasteiger partial charge is 0.168 e. The van der Waals surface area contributed by atoms with E-state index in [1.165, 1.54) is 22.3 Å². The molecule has 1 heterocycles. The first-order valence-corrected chi connectivity index (χ1v) is 11.3. The molecule has 1 aromatic heterocycles. The monoisotopic (exact) mass is 429 g/mol. The largest absolute Gasteiger partial charge is 0.282 e. The molecule has 0 atom stereocenters. The maximum Gasteiger partial charge on any atom is 0.168 e. The van der Waals surface area contributed by atoms with Gasteiger partial charge in [0.2, 0.25) is 0 Å². The summed E-state index contributed by atoms with van der Waals surface area (Å²) in [6.07, 6.45) is 1.80. The lowest BCUT2D eigenvalue weighted by atomic mass is 9.83. The van der Waals surface area contributed by atoms with Gasteiger partial charge < -0.3 is 0 Å². The first-order chi connectivity index (χ1) is 16.0. The molecule has 0 spiro atoms. The van der Waals surface area contributed by atoms with E-state index in [0.29, 0.717) is 0 Å². The second kappa shape index (κ2) is 8.51. The van der Waals surface area contributed by atoms with Crippen LogP contribution in [-0.4, -0.2) is 14.8 Å². The molecule has 0 fully saturated rings. The molecule has 4 aromatic carbocycles. The minimum atomic E-state index is 0.00964. The summed E-state index contributed by atoms with van der Waals surface area (Å²) >= 11 is 0. The van der Waals surface area contributed by atoms with Crippen LogP contribution in [0, 0.1) is 0 Å². The zero-order valence-corrected chi connectivity index (χ0v) is 19.2. The van der Waals surface area contributed by atoms with Gasteiger partial charge in [-0.2, -0.15) is 0 Å². The average molecular weight is 430 g/mol. The molecule has 0 bridgehead atoms. The highest BCUT2D eigenvalue weighted by Crippen LogP contribution is 2.33. The standard InChI is InChI=1S/C30H27N3/c1-30(2,3)28-15-8-7-14-27(28)29-32-31-21-33(29)26-13-9-12-25(20-26)24-18-16-23(17-19-24)22-10-5-4-6-11-22/h4-21H,1-3H3. The molecule has 0 amide bonds. The lowest BCUT2D eigenvalue weighted by molar-refractivity contribution is 0.591. The molecule has 0 saturated heterocycles. The molecule has 3 heteroatoms. The van der Waals surface area contributed by atoms with Crippen molar-refractivity contribution in [2.24, 2.45) is 0 Å². The quantitative estimate of drug-likeness (QED) is 0.295. The molecule has 0 radical (unpaired) electrons. The first-order valence-electron chi connectivity index (χ1n) is 11.3. The zero-order chi connectivity index (χ0) is 22.8. The molecule has 0 unspecified atom stereocenters. The Kier molecular flexibility index (Phi) is 5.39. The van der Waals surface area contributed by atoms with Gasteiger partial charge in [0.25, 0.3) is 0 Å². The Balaban J connectivity index is 1.52. The van der Waals surface area contributed by atoms with Crippen LogP contribution in [0.4, 0.5) is 0 Å². The summed E-state index contributed by atoms with van der Waals surface area (Å²) < 4.78 is 2.08. The summed E-state index contributed by atoms with van der Waals surface area (Å²) in [4.78, 5) is 0. The van der Waals surface area contributed by atoms with Crippen LogP contribution in [0.3, 0.4) is 0 Å². The molecule has 5 rings (SSSR count). The lowest BCUT2D eigenvalue weighted by Gasteiger charge is -2.22. The van der Waals surface area contributed by atoms with Crippen LogP contribution in [0.1, 0.15) is 26.3 Å². The van der Waals surface area contributed by atoms with E-state index in [0.717, 1.165) is 22.6 Å². The molecule has 0 N–H and O–H groups in total. The Morgan fingerprint density at radius 1 is 0.606 bits per heavy atom. The van der Waals surface area contributed by atoms with Crippen LogP contribution >= 0.6 is 0 Å². The summed E-state index contributed by atoms with van der Waals surface area (Å²) in [6.45, 7) is 6.69. The van der Waals surface area contributed by atoms with Gasteiger partial charge in [0.1, 0.15) is 6.33 Å². The SMILES string of the molecule is CC(C)(C)c1ccccc1-c1nncn1-c1cccc(-c2ccc(-c3ccccc3)cc2)c1. The van der Waals surface area contributed by atoms with Gasteiger partial charge in [-0.05, 0) is 45.4 Å². The van der Waals surface area contributed by atoms with Crippen LogP contribution in [0.2, 0.25) is 0 Å². The topological polar surface area (TPSA) is 30.7 Å². The normalized spacial score (nSPS) is 11.5. The number of nitrogens with zero attached hydrogens (tertiary/aromatic N) is 3. The Morgan fingerprint density at radius 2 is 1.21 bits per heavy atom. The van der Waals surface area contributed by atoms with Crippen LogP contribution in [0.5, 0.6) is 0 Å². The average Bonchev–Trinajstić information content (AvgIpc) is 3.34. The minimum Gasteiger partial charge on any atom is -0.282 e. The molecule has 33 heavy (non-hydrogen) atoms. The maximum atomic E-state index is 4.50. The van der Waals surface area contributed by atoms with E-state index in [4.69, 9.17) is 0 Å². The van der Waals surface area contributed by atoms with E-state index >= 15 is 0 Å². The van der Waals surface area contributed by atoms with E-state index in [1.54, 1.807) is 6.33 Å². The Morgan fingerprint density at radius 3 is 1.94 bits per heavy atom. The maximum absolute atomic E-state index is 4.50. The fourth-order valence-corrected chi connectivity index (χ4v) is 4.26. The lowest BCUT2D eigenvalue weighted by Crippen LogP contribution is -2.13. The van der Waals surface area contributed by atoms with Crippen molar-refractivity contribution in [1.82, 2.24) is 14.8 Å². The van der Waals surface area contributed by atoms with Gasteiger partial charge in [-0.15, -0.1) is 10.2 Å². The predicted molar refractivity (Wildman–Crippen MR) is 136 cm³/mol. The van der Waals surface area contributed by atoms with Crippen molar-refractivity contribution in [3.05, 3.63) is 115 Å². The van der Waals surface area contributed by atoms with Gasteiger partial charge in [0.05, 0.1) is 0 Å². The van der Waals surface area contributed by atoms with Gasteiger partial charge in [0, 0.05) is 11.3 Å². The molecule has 3 nitrogen and oxygen atoms in total. The second-order valence-corrected chi connectivity index (χ2v) is 9.31. The zero-order valence-electron chi connectivity index (χ0n) is 19.2. The number of rotatable bonds is 4. The molecule has 0 saturated carbocycles. The molecule has 0 aliphatic rings. The minimum absolute atomic E-state index is 0.00964. The van der Waals surface area contributed by atoms with Crippen molar-refractivity contribution in [2.45, 2.75) is 26.2 Å². The first kappa shape index (κ1) is 20.9. The molecular formula is C30H27N3. The third-order valence-corrected chi connectivity index (χ3v) is 5.97. The van der Waals surface area contributed by atoms with Crippen molar-refractivity contribution in [3.63, 3.8) is 0 Å². The number of hydrogen-bond acceptors (Lipinski definition) is 2. The van der Waals surface area contributed by atoms with Gasteiger partial charge >= 0.3 is 0 Å². The van der Waals surface area contributed by atoms with Gasteiger partial charge in [-0.1, -0.05) is 112 Å². The highest BCUT2D eigenvalue weighted by atomic mass is 15.3. The Hall–Kier alpha value is -3.98. The van der Waals surface area contributed by atoms with Gasteiger partial charge in [0.15, 0.2) is 5.82 Å². The third kappa shape index (κ3) is 4.22. The van der Waals surface area contributed by atoms with Crippen LogP contribution in [0.25, 0.3) is 39.3 Å². The van der Waals surface area contributed by atoms with Crippen LogP contribution in [0.15, 0.2) is 109 Å². The molecule has 162 valence electrons. The number of aromatic nitrogens is 3. The van der Waals surface area contributed by atoms with Crippen molar-refractivity contribution in [2.75, 3.05) is 0 Å². The Labute approximate surface area is 195 Å². The summed E-state index contributed by atoms with van der Waals surface area (Å²) in [5, 5.41) is 8.76. The van der Waals surface area contributed by atoms with Crippen molar-refractivity contribution in [3.8, 4) is 39.3 Å². The molecule has 0 aliphatic heterocycles. The number of hydrogen-bond donors (Lipinski definition) is 0. The third-order valence-electron chi connectivity index (χ3n) is 5.97. The van der Waals surface area contributed by atoms with E-state index in [9.17, 15) is 0 Å². The second-order valence-electron chi connectivity index (χ2n) is 9.31. The van der Waals surface area contributed by atoms with E-state index in [2.05, 4.69) is 133 Å². The van der Waals surface area contributed by atoms with Crippen molar-refractivity contribution >= 4 is 0 Å². The summed E-state index contributed by atoms with van der Waals surface area (Å²) in [7, 11) is 0. The van der Waals surface area contributed by atoms with E-state index in [1.807, 2.05) is 6.07 Å². The van der Waals surface area contributed by atoms with Crippen LogP contribution < -0.4 is 0 Å². The summed E-state index contributed by atoms with van der Waals surface area (Å²) in [5.41, 5.74) is 8.21. The van der Waals surface area contributed by atoms with Crippen molar-refractivity contribution in [1.29, 1.82) is 0 Å². The summed E-state index contributed by atoms with van der Waals surface area (Å²) in [5.74, 6) is 0.858. The van der Waals surface area contributed by atoms with Gasteiger partial charge in [-0.3, -0.25) is 4.57 Å². The number of benzene rings is 4. The molecule has 0 aliphatic carbocycles. The predicted octanol–water partition coefficient (Wildman–Crippen LogP) is 7.57. The van der Waals surface area contributed by atoms with E-state index < -0.39 is 0 Å². The summed E-state index contributed by atoms with van der Waals surface area (Å²) in [6, 6.07) is 36.2. The fourth-order valence-electron chi connectivity index (χ4n) is 4.26.